The van der Waals surface area contributed by atoms with Gasteiger partial charge in [-0.05, 0) is 35.9 Å². The van der Waals surface area contributed by atoms with E-state index in [0.29, 0.717) is 17.3 Å². The molecule has 1 heterocycles. The van der Waals surface area contributed by atoms with Crippen molar-refractivity contribution in [2.45, 2.75) is 6.54 Å². The summed E-state index contributed by atoms with van der Waals surface area (Å²) in [6.45, 7) is 0.636. The molecule has 2 aromatic carbocycles. The third-order valence-corrected chi connectivity index (χ3v) is 3.66. The maximum atomic E-state index is 11.7. The molecule has 0 fully saturated rings. The van der Waals surface area contributed by atoms with Crippen LogP contribution in [0.2, 0.25) is 5.15 Å². The zero-order chi connectivity index (χ0) is 15.5. The number of ether oxygens (including phenoxy) is 1. The first kappa shape index (κ1) is 14.4. The summed E-state index contributed by atoms with van der Waals surface area (Å²) in [4.78, 5) is 11.7. The first-order valence-electron chi connectivity index (χ1n) is 6.72. The van der Waals surface area contributed by atoms with Gasteiger partial charge >= 0.3 is 0 Å². The van der Waals surface area contributed by atoms with Gasteiger partial charge < -0.3 is 10.1 Å². The molecule has 2 N–H and O–H groups in total. The molecular formula is C16H14ClN3O2. The minimum atomic E-state index is -0.251. The fourth-order valence-electron chi connectivity index (χ4n) is 2.23. The Bertz CT molecular complexity index is 877. The minimum Gasteiger partial charge on any atom is -0.497 e. The number of halogens is 1. The maximum absolute atomic E-state index is 11.7. The lowest BCUT2D eigenvalue weighted by Gasteiger charge is -2.09. The molecule has 3 aromatic rings. The van der Waals surface area contributed by atoms with Gasteiger partial charge in [0.05, 0.1) is 12.5 Å². The van der Waals surface area contributed by atoms with Gasteiger partial charge in [-0.2, -0.15) is 5.10 Å². The van der Waals surface area contributed by atoms with Crippen LogP contribution in [0.25, 0.3) is 10.8 Å². The molecule has 5 nitrogen and oxygen atoms in total. The Labute approximate surface area is 131 Å². The number of H-pyrrole nitrogens is 1. The van der Waals surface area contributed by atoms with E-state index in [-0.39, 0.29) is 10.7 Å². The molecule has 1 aromatic heterocycles. The molecule has 0 aliphatic rings. The zero-order valence-corrected chi connectivity index (χ0v) is 12.6. The molecule has 0 atom stereocenters. The summed E-state index contributed by atoms with van der Waals surface area (Å²) < 4.78 is 5.20. The number of aromatic amines is 1. The number of rotatable bonds is 4. The highest BCUT2D eigenvalue weighted by Gasteiger charge is 2.05. The summed E-state index contributed by atoms with van der Waals surface area (Å²) in [5, 5.41) is 10.9. The van der Waals surface area contributed by atoms with Gasteiger partial charge in [0.2, 0.25) is 0 Å². The number of hydrogen-bond acceptors (Lipinski definition) is 4. The Morgan fingerprint density at radius 2 is 2.09 bits per heavy atom. The third-order valence-electron chi connectivity index (χ3n) is 3.37. The van der Waals surface area contributed by atoms with Crippen LogP contribution in [0, 0.1) is 0 Å². The summed E-state index contributed by atoms with van der Waals surface area (Å²) in [6, 6.07) is 13.2. The standard InChI is InChI=1S/C16H14ClN3O2/c1-22-12-4-2-3-10(7-12)9-18-11-5-6-13-14(8-11)15(17)19-20-16(13)21/h2-8,18H,9H2,1H3,(H,20,21). The second-order valence-corrected chi connectivity index (χ2v) is 5.17. The van der Waals surface area contributed by atoms with E-state index in [4.69, 9.17) is 16.3 Å². The van der Waals surface area contributed by atoms with Crippen molar-refractivity contribution < 1.29 is 4.74 Å². The quantitative estimate of drug-likeness (QED) is 0.776. The monoisotopic (exact) mass is 315 g/mol. The number of methoxy groups -OCH3 is 1. The molecule has 0 radical (unpaired) electrons. The summed E-state index contributed by atoms with van der Waals surface area (Å²) in [5.41, 5.74) is 1.71. The number of fused-ring (bicyclic) bond motifs is 1. The van der Waals surface area contributed by atoms with Gasteiger partial charge in [-0.3, -0.25) is 4.79 Å². The van der Waals surface area contributed by atoms with Crippen LogP contribution in [-0.4, -0.2) is 17.3 Å². The van der Waals surface area contributed by atoms with Crippen LogP contribution in [0.3, 0.4) is 0 Å². The Balaban J connectivity index is 1.85. The SMILES string of the molecule is COc1cccc(CNc2ccc3c(=O)[nH]nc(Cl)c3c2)c1. The van der Waals surface area contributed by atoms with Crippen LogP contribution >= 0.6 is 11.6 Å². The van der Waals surface area contributed by atoms with Crippen molar-refractivity contribution in [1.29, 1.82) is 0 Å². The van der Waals surface area contributed by atoms with Crippen LogP contribution in [0.4, 0.5) is 5.69 Å². The predicted octanol–water partition coefficient (Wildman–Crippen LogP) is 3.20. The minimum absolute atomic E-state index is 0.251. The van der Waals surface area contributed by atoms with Crippen molar-refractivity contribution >= 4 is 28.1 Å². The van der Waals surface area contributed by atoms with E-state index >= 15 is 0 Å². The molecule has 0 saturated heterocycles. The van der Waals surface area contributed by atoms with Crippen molar-refractivity contribution in [3.8, 4) is 5.75 Å². The largest absolute Gasteiger partial charge is 0.497 e. The summed E-state index contributed by atoms with van der Waals surface area (Å²) >= 11 is 6.03. The van der Waals surface area contributed by atoms with Gasteiger partial charge in [0, 0.05) is 17.6 Å². The zero-order valence-electron chi connectivity index (χ0n) is 11.9. The first-order valence-corrected chi connectivity index (χ1v) is 7.10. The van der Waals surface area contributed by atoms with Gasteiger partial charge in [-0.15, -0.1) is 0 Å². The van der Waals surface area contributed by atoms with Crippen LogP contribution in [0.1, 0.15) is 5.56 Å². The molecule has 0 saturated carbocycles. The van der Waals surface area contributed by atoms with Gasteiger partial charge in [-0.25, -0.2) is 5.10 Å². The lowest BCUT2D eigenvalue weighted by atomic mass is 10.1. The molecule has 0 amide bonds. The second-order valence-electron chi connectivity index (χ2n) is 4.81. The smallest absolute Gasteiger partial charge is 0.272 e. The molecule has 22 heavy (non-hydrogen) atoms. The molecule has 0 aliphatic heterocycles. The Morgan fingerprint density at radius 3 is 2.91 bits per heavy atom. The molecule has 6 heteroatoms. The summed E-state index contributed by atoms with van der Waals surface area (Å²) in [5.74, 6) is 0.816. The number of nitrogens with one attached hydrogen (secondary N) is 2. The molecule has 0 spiro atoms. The summed E-state index contributed by atoms with van der Waals surface area (Å²) in [6.07, 6.45) is 0. The van der Waals surface area contributed by atoms with Crippen LogP contribution in [-0.2, 0) is 6.54 Å². The number of benzene rings is 2. The van der Waals surface area contributed by atoms with E-state index in [9.17, 15) is 4.79 Å². The van der Waals surface area contributed by atoms with Gasteiger partial charge in [-0.1, -0.05) is 23.7 Å². The van der Waals surface area contributed by atoms with E-state index in [1.54, 1.807) is 13.2 Å². The number of nitrogens with zero attached hydrogens (tertiary/aromatic N) is 1. The lowest BCUT2D eigenvalue weighted by Crippen LogP contribution is -2.08. The van der Waals surface area contributed by atoms with E-state index in [1.165, 1.54) is 0 Å². The van der Waals surface area contributed by atoms with E-state index < -0.39 is 0 Å². The predicted molar refractivity (Wildman–Crippen MR) is 87.7 cm³/mol. The highest BCUT2D eigenvalue weighted by molar-refractivity contribution is 6.34. The van der Waals surface area contributed by atoms with Crippen molar-refractivity contribution in [3.05, 3.63) is 63.5 Å². The van der Waals surface area contributed by atoms with E-state index in [2.05, 4.69) is 15.5 Å². The Morgan fingerprint density at radius 1 is 1.23 bits per heavy atom. The fraction of sp³-hybridized carbons (Fsp3) is 0.125. The van der Waals surface area contributed by atoms with Crippen molar-refractivity contribution in [3.63, 3.8) is 0 Å². The molecule has 0 unspecified atom stereocenters. The lowest BCUT2D eigenvalue weighted by molar-refractivity contribution is 0.414. The van der Waals surface area contributed by atoms with Gasteiger partial charge in [0.25, 0.3) is 5.56 Å². The van der Waals surface area contributed by atoms with Crippen molar-refractivity contribution in [2.75, 3.05) is 12.4 Å². The maximum Gasteiger partial charge on any atom is 0.272 e. The highest BCUT2D eigenvalue weighted by atomic mass is 35.5. The van der Waals surface area contributed by atoms with Crippen LogP contribution in [0.5, 0.6) is 5.75 Å². The van der Waals surface area contributed by atoms with Gasteiger partial charge in [0.15, 0.2) is 5.15 Å². The van der Waals surface area contributed by atoms with Crippen LogP contribution < -0.4 is 15.6 Å². The van der Waals surface area contributed by atoms with E-state index in [0.717, 1.165) is 17.0 Å². The average Bonchev–Trinajstić information content (AvgIpc) is 2.56. The number of anilines is 1. The van der Waals surface area contributed by atoms with Gasteiger partial charge in [0.1, 0.15) is 5.75 Å². The van der Waals surface area contributed by atoms with Crippen LogP contribution in [0.15, 0.2) is 47.3 Å². The second kappa shape index (κ2) is 6.07. The fourth-order valence-corrected chi connectivity index (χ4v) is 2.43. The molecule has 3 rings (SSSR count). The van der Waals surface area contributed by atoms with E-state index in [1.807, 2.05) is 36.4 Å². The Kier molecular flexibility index (Phi) is 3.98. The normalized spacial score (nSPS) is 10.6. The highest BCUT2D eigenvalue weighted by Crippen LogP contribution is 2.22. The Hall–Kier alpha value is -2.53. The number of hydrogen-bond donors (Lipinski definition) is 2. The average molecular weight is 316 g/mol. The molecule has 112 valence electrons. The third kappa shape index (κ3) is 2.89. The van der Waals surface area contributed by atoms with Crippen molar-refractivity contribution in [2.24, 2.45) is 0 Å². The molecular weight excluding hydrogens is 302 g/mol. The topological polar surface area (TPSA) is 67.0 Å². The van der Waals surface area contributed by atoms with Crippen molar-refractivity contribution in [1.82, 2.24) is 10.2 Å². The number of aromatic nitrogens is 2. The summed E-state index contributed by atoms with van der Waals surface area (Å²) in [7, 11) is 1.64. The first-order chi connectivity index (χ1) is 10.7. The molecule has 0 aliphatic carbocycles. The molecule has 0 bridgehead atoms.